The number of ether oxygens (including phenoxy) is 1. The molecule has 0 fully saturated rings. The second-order valence-corrected chi connectivity index (χ2v) is 6.23. The molecule has 20 heavy (non-hydrogen) atoms. The lowest BCUT2D eigenvalue weighted by Crippen LogP contribution is -2.24. The molecule has 110 valence electrons. The van der Waals surface area contributed by atoms with Crippen molar-refractivity contribution in [1.82, 2.24) is 5.32 Å². The van der Waals surface area contributed by atoms with E-state index in [2.05, 4.69) is 31.3 Å². The van der Waals surface area contributed by atoms with Crippen LogP contribution in [-0.4, -0.2) is 19.6 Å². The number of rotatable bonds is 5. The molecule has 0 spiro atoms. The van der Waals surface area contributed by atoms with E-state index >= 15 is 0 Å². The van der Waals surface area contributed by atoms with Crippen LogP contribution < -0.4 is 10.1 Å². The maximum atomic E-state index is 11.3. The first kappa shape index (κ1) is 14.9. The molecule has 1 aromatic rings. The fourth-order valence-corrected chi connectivity index (χ4v) is 3.23. The Kier molecular flexibility index (Phi) is 4.36. The molecule has 1 amide bonds. The predicted octanol–water partition coefficient (Wildman–Crippen LogP) is 3.38. The fraction of sp³-hybridized carbons (Fsp3) is 0.588. The summed E-state index contributed by atoms with van der Waals surface area (Å²) >= 11 is 0. The molecule has 0 saturated heterocycles. The molecule has 0 saturated carbocycles. The van der Waals surface area contributed by atoms with Gasteiger partial charge >= 0.3 is 0 Å². The molecule has 3 heteroatoms. The zero-order valence-electron chi connectivity index (χ0n) is 13.0. The molecule has 3 nitrogen and oxygen atoms in total. The van der Waals surface area contributed by atoms with E-state index in [1.54, 1.807) is 7.11 Å². The minimum absolute atomic E-state index is 0.133. The van der Waals surface area contributed by atoms with E-state index in [1.165, 1.54) is 11.1 Å². The van der Waals surface area contributed by atoms with Gasteiger partial charge in [-0.3, -0.25) is 4.79 Å². The third-order valence-corrected chi connectivity index (χ3v) is 4.32. The zero-order chi connectivity index (χ0) is 14.8. The average molecular weight is 275 g/mol. The zero-order valence-corrected chi connectivity index (χ0v) is 13.0. The molecule has 1 aromatic carbocycles. The van der Waals surface area contributed by atoms with Crippen molar-refractivity contribution in [3.8, 4) is 5.75 Å². The van der Waals surface area contributed by atoms with Crippen molar-refractivity contribution in [2.45, 2.75) is 51.4 Å². The second kappa shape index (κ2) is 5.86. The van der Waals surface area contributed by atoms with Crippen LogP contribution in [0.15, 0.2) is 18.2 Å². The highest BCUT2D eigenvalue weighted by Gasteiger charge is 2.36. The monoisotopic (exact) mass is 275 g/mol. The molecule has 2 rings (SSSR count). The summed E-state index contributed by atoms with van der Waals surface area (Å²) in [5, 5.41) is 2.98. The van der Waals surface area contributed by atoms with Crippen molar-refractivity contribution in [3.05, 3.63) is 29.3 Å². The number of benzene rings is 1. The SMILES string of the molecule is CCC(=O)NCCC1CC(C)(C)c2ccc(OC)cc21. The van der Waals surface area contributed by atoms with Gasteiger partial charge in [-0.1, -0.05) is 26.8 Å². The molecule has 0 aliphatic heterocycles. The molecule has 1 unspecified atom stereocenters. The number of carbonyl (C=O) groups excluding carboxylic acids is 1. The van der Waals surface area contributed by atoms with Crippen LogP contribution in [0.5, 0.6) is 5.75 Å². The third kappa shape index (κ3) is 2.97. The second-order valence-electron chi connectivity index (χ2n) is 6.23. The highest BCUT2D eigenvalue weighted by Crippen LogP contribution is 2.48. The van der Waals surface area contributed by atoms with Crippen LogP contribution in [0.4, 0.5) is 0 Å². The van der Waals surface area contributed by atoms with Gasteiger partial charge in [0.2, 0.25) is 5.91 Å². The molecule has 0 radical (unpaired) electrons. The minimum atomic E-state index is 0.133. The highest BCUT2D eigenvalue weighted by molar-refractivity contribution is 5.75. The van der Waals surface area contributed by atoms with Gasteiger partial charge in [-0.05, 0) is 47.4 Å². The van der Waals surface area contributed by atoms with Crippen molar-refractivity contribution < 1.29 is 9.53 Å². The maximum Gasteiger partial charge on any atom is 0.219 e. The van der Waals surface area contributed by atoms with Gasteiger partial charge in [-0.2, -0.15) is 0 Å². The number of nitrogens with one attached hydrogen (secondary N) is 1. The molecule has 1 aliphatic rings. The Morgan fingerprint density at radius 1 is 1.45 bits per heavy atom. The van der Waals surface area contributed by atoms with E-state index < -0.39 is 0 Å². The van der Waals surface area contributed by atoms with Crippen LogP contribution in [0.3, 0.4) is 0 Å². The first-order chi connectivity index (χ1) is 9.47. The number of fused-ring (bicyclic) bond motifs is 1. The van der Waals surface area contributed by atoms with Crippen LogP contribution in [-0.2, 0) is 10.2 Å². The van der Waals surface area contributed by atoms with Crippen LogP contribution in [0.2, 0.25) is 0 Å². The van der Waals surface area contributed by atoms with E-state index in [-0.39, 0.29) is 11.3 Å². The average Bonchev–Trinajstić information content (AvgIpc) is 2.69. The van der Waals surface area contributed by atoms with Crippen LogP contribution in [0, 0.1) is 0 Å². The molecule has 1 N–H and O–H groups in total. The fourth-order valence-electron chi connectivity index (χ4n) is 3.23. The third-order valence-electron chi connectivity index (χ3n) is 4.32. The first-order valence-corrected chi connectivity index (χ1v) is 7.43. The normalized spacial score (nSPS) is 19.5. The van der Waals surface area contributed by atoms with Crippen molar-refractivity contribution in [2.24, 2.45) is 0 Å². The van der Waals surface area contributed by atoms with E-state index in [0.29, 0.717) is 12.3 Å². The highest BCUT2D eigenvalue weighted by atomic mass is 16.5. The van der Waals surface area contributed by atoms with Crippen LogP contribution in [0.25, 0.3) is 0 Å². The van der Waals surface area contributed by atoms with Gasteiger partial charge in [0.15, 0.2) is 0 Å². The van der Waals surface area contributed by atoms with Crippen molar-refractivity contribution in [1.29, 1.82) is 0 Å². The van der Waals surface area contributed by atoms with E-state index in [0.717, 1.165) is 25.1 Å². The Balaban J connectivity index is 2.12. The number of hydrogen-bond donors (Lipinski definition) is 1. The van der Waals surface area contributed by atoms with Crippen molar-refractivity contribution in [3.63, 3.8) is 0 Å². The maximum absolute atomic E-state index is 11.3. The van der Waals surface area contributed by atoms with E-state index in [4.69, 9.17) is 4.74 Å². The number of carbonyl (C=O) groups is 1. The molecule has 0 aromatic heterocycles. The van der Waals surface area contributed by atoms with Crippen LogP contribution in [0.1, 0.15) is 57.1 Å². The quantitative estimate of drug-likeness (QED) is 0.894. The Morgan fingerprint density at radius 3 is 2.85 bits per heavy atom. The molecule has 0 bridgehead atoms. The summed E-state index contributed by atoms with van der Waals surface area (Å²) in [5.41, 5.74) is 3.02. The molecule has 1 aliphatic carbocycles. The van der Waals surface area contributed by atoms with Gasteiger partial charge < -0.3 is 10.1 Å². The molecular formula is C17H25NO2. The first-order valence-electron chi connectivity index (χ1n) is 7.43. The standard InChI is InChI=1S/C17H25NO2/c1-5-16(19)18-9-8-12-11-17(2,3)15-7-6-13(20-4)10-14(12)15/h6-7,10,12H,5,8-9,11H2,1-4H3,(H,18,19). The van der Waals surface area contributed by atoms with E-state index in [9.17, 15) is 4.79 Å². The lowest BCUT2D eigenvalue weighted by molar-refractivity contribution is -0.120. The topological polar surface area (TPSA) is 38.3 Å². The smallest absolute Gasteiger partial charge is 0.219 e. The number of methoxy groups -OCH3 is 1. The van der Waals surface area contributed by atoms with Gasteiger partial charge in [0.25, 0.3) is 0 Å². The largest absolute Gasteiger partial charge is 0.497 e. The Morgan fingerprint density at radius 2 is 2.20 bits per heavy atom. The van der Waals surface area contributed by atoms with Gasteiger partial charge in [-0.15, -0.1) is 0 Å². The van der Waals surface area contributed by atoms with Gasteiger partial charge in [-0.25, -0.2) is 0 Å². The predicted molar refractivity (Wildman–Crippen MR) is 81.3 cm³/mol. The molecule has 1 atom stereocenters. The lowest BCUT2D eigenvalue weighted by atomic mass is 9.86. The minimum Gasteiger partial charge on any atom is -0.497 e. The number of hydrogen-bond acceptors (Lipinski definition) is 2. The molecular weight excluding hydrogens is 250 g/mol. The molecule has 0 heterocycles. The summed E-state index contributed by atoms with van der Waals surface area (Å²) in [4.78, 5) is 11.3. The summed E-state index contributed by atoms with van der Waals surface area (Å²) in [6.07, 6.45) is 2.69. The summed E-state index contributed by atoms with van der Waals surface area (Å²) in [7, 11) is 1.71. The van der Waals surface area contributed by atoms with Gasteiger partial charge in [0, 0.05) is 13.0 Å². The summed E-state index contributed by atoms with van der Waals surface area (Å²) < 4.78 is 5.35. The van der Waals surface area contributed by atoms with Crippen molar-refractivity contribution in [2.75, 3.05) is 13.7 Å². The van der Waals surface area contributed by atoms with Gasteiger partial charge in [0.05, 0.1) is 7.11 Å². The Hall–Kier alpha value is -1.51. The Labute approximate surface area is 121 Å². The van der Waals surface area contributed by atoms with E-state index in [1.807, 2.05) is 13.0 Å². The summed E-state index contributed by atoms with van der Waals surface area (Å²) in [6, 6.07) is 6.40. The summed E-state index contributed by atoms with van der Waals surface area (Å²) in [5.74, 6) is 1.56. The summed E-state index contributed by atoms with van der Waals surface area (Å²) in [6.45, 7) is 7.23. The Bertz CT molecular complexity index is 494. The van der Waals surface area contributed by atoms with Crippen molar-refractivity contribution >= 4 is 5.91 Å². The van der Waals surface area contributed by atoms with Crippen LogP contribution >= 0.6 is 0 Å². The lowest BCUT2D eigenvalue weighted by Gasteiger charge is -2.19. The van der Waals surface area contributed by atoms with Gasteiger partial charge in [0.1, 0.15) is 5.75 Å². The number of amides is 1.